The van der Waals surface area contributed by atoms with Crippen LogP contribution in [0.1, 0.15) is 17.5 Å². The van der Waals surface area contributed by atoms with Crippen LogP contribution in [0.25, 0.3) is 0 Å². The number of carbonyl (C=O) groups excluding carboxylic acids is 1. The van der Waals surface area contributed by atoms with Crippen molar-refractivity contribution in [3.8, 4) is 0 Å². The van der Waals surface area contributed by atoms with Crippen molar-refractivity contribution < 1.29 is 13.2 Å². The molecule has 0 aliphatic carbocycles. The van der Waals surface area contributed by atoms with Crippen molar-refractivity contribution >= 4 is 27.1 Å². The Balaban J connectivity index is 2.19. The fourth-order valence-corrected chi connectivity index (χ4v) is 3.97. The minimum atomic E-state index is -3.05. The van der Waals surface area contributed by atoms with Gasteiger partial charge in [0.2, 0.25) is 5.91 Å². The van der Waals surface area contributed by atoms with Gasteiger partial charge in [-0.1, -0.05) is 6.07 Å². The molecule has 5 nitrogen and oxygen atoms in total. The second-order valence-electron chi connectivity index (χ2n) is 5.06. The van der Waals surface area contributed by atoms with Crippen LogP contribution in [0.15, 0.2) is 12.1 Å². The quantitative estimate of drug-likeness (QED) is 0.799. The van der Waals surface area contributed by atoms with E-state index in [1.54, 1.807) is 6.07 Å². The molecule has 19 heavy (non-hydrogen) atoms. The summed E-state index contributed by atoms with van der Waals surface area (Å²) in [5.41, 5.74) is 8.89. The van der Waals surface area contributed by atoms with E-state index in [-0.39, 0.29) is 17.4 Å². The molecule has 0 radical (unpaired) electrons. The zero-order valence-corrected chi connectivity index (χ0v) is 11.9. The standard InChI is InChI=1S/C13H18N2O3S/c1-8-3-4-11(14)12(9(8)2)15-13(16)10-5-6-19(17,18)7-10/h3-4,10H,5-7,14H2,1-2H3,(H,15,16). The highest BCUT2D eigenvalue weighted by Gasteiger charge is 2.33. The number of carbonyl (C=O) groups is 1. The van der Waals surface area contributed by atoms with Crippen LogP contribution in [0.5, 0.6) is 0 Å². The fourth-order valence-electron chi connectivity index (χ4n) is 2.23. The maximum atomic E-state index is 12.1. The SMILES string of the molecule is Cc1ccc(N)c(NC(=O)C2CCS(=O)(=O)C2)c1C. The molecule has 1 aromatic rings. The number of anilines is 2. The fraction of sp³-hybridized carbons (Fsp3) is 0.462. The molecule has 0 aromatic heterocycles. The molecule has 0 bridgehead atoms. The predicted molar refractivity (Wildman–Crippen MR) is 75.7 cm³/mol. The zero-order valence-electron chi connectivity index (χ0n) is 11.1. The van der Waals surface area contributed by atoms with Gasteiger partial charge in [-0.2, -0.15) is 0 Å². The molecule has 0 spiro atoms. The van der Waals surface area contributed by atoms with Gasteiger partial charge >= 0.3 is 0 Å². The highest BCUT2D eigenvalue weighted by molar-refractivity contribution is 7.91. The summed E-state index contributed by atoms with van der Waals surface area (Å²) in [6.07, 6.45) is 0.388. The van der Waals surface area contributed by atoms with Crippen molar-refractivity contribution in [3.63, 3.8) is 0 Å². The number of nitrogens with two attached hydrogens (primary N) is 1. The molecule has 104 valence electrons. The number of sulfone groups is 1. The monoisotopic (exact) mass is 282 g/mol. The number of rotatable bonds is 2. The van der Waals surface area contributed by atoms with E-state index < -0.39 is 15.8 Å². The Labute approximate surface area is 113 Å². The van der Waals surface area contributed by atoms with Crippen molar-refractivity contribution in [1.29, 1.82) is 0 Å². The van der Waals surface area contributed by atoms with E-state index in [1.165, 1.54) is 0 Å². The normalized spacial score (nSPS) is 21.3. The van der Waals surface area contributed by atoms with Crippen LogP contribution in [-0.2, 0) is 14.6 Å². The van der Waals surface area contributed by atoms with Crippen LogP contribution in [0.4, 0.5) is 11.4 Å². The number of aryl methyl sites for hydroxylation is 1. The molecule has 1 unspecified atom stereocenters. The van der Waals surface area contributed by atoms with Gasteiger partial charge in [0.1, 0.15) is 0 Å². The van der Waals surface area contributed by atoms with Gasteiger partial charge in [-0.3, -0.25) is 4.79 Å². The van der Waals surface area contributed by atoms with Gasteiger partial charge in [0, 0.05) is 0 Å². The Bertz CT molecular complexity index is 623. The largest absolute Gasteiger partial charge is 0.397 e. The third kappa shape index (κ3) is 2.89. The molecule has 2 rings (SSSR count). The van der Waals surface area contributed by atoms with E-state index in [4.69, 9.17) is 5.73 Å². The molecular weight excluding hydrogens is 264 g/mol. The molecule has 1 fully saturated rings. The molecule has 1 heterocycles. The topological polar surface area (TPSA) is 89.3 Å². The van der Waals surface area contributed by atoms with Crippen molar-refractivity contribution in [2.75, 3.05) is 22.6 Å². The molecule has 1 aromatic carbocycles. The maximum absolute atomic E-state index is 12.1. The average molecular weight is 282 g/mol. The number of hydrogen-bond acceptors (Lipinski definition) is 4. The second kappa shape index (κ2) is 4.85. The van der Waals surface area contributed by atoms with Gasteiger partial charge in [-0.15, -0.1) is 0 Å². The minimum Gasteiger partial charge on any atom is -0.397 e. The zero-order chi connectivity index (χ0) is 14.2. The second-order valence-corrected chi connectivity index (χ2v) is 7.29. The van der Waals surface area contributed by atoms with Gasteiger partial charge in [0.05, 0.1) is 28.8 Å². The Hall–Kier alpha value is -1.56. The summed E-state index contributed by atoms with van der Waals surface area (Å²) >= 11 is 0. The van der Waals surface area contributed by atoms with Crippen molar-refractivity contribution in [2.45, 2.75) is 20.3 Å². The lowest BCUT2D eigenvalue weighted by atomic mass is 10.0. The van der Waals surface area contributed by atoms with Crippen LogP contribution in [-0.4, -0.2) is 25.8 Å². The van der Waals surface area contributed by atoms with Gasteiger partial charge in [0.25, 0.3) is 0 Å². The van der Waals surface area contributed by atoms with Crippen molar-refractivity contribution in [1.82, 2.24) is 0 Å². The van der Waals surface area contributed by atoms with E-state index in [0.29, 0.717) is 17.8 Å². The Morgan fingerprint density at radius 3 is 2.63 bits per heavy atom. The summed E-state index contributed by atoms with van der Waals surface area (Å²) in [5.74, 6) is -0.706. The molecule has 3 N–H and O–H groups in total. The lowest BCUT2D eigenvalue weighted by molar-refractivity contribution is -0.119. The molecule has 1 aliphatic rings. The molecular formula is C13H18N2O3S. The first kappa shape index (κ1) is 13.9. The summed E-state index contributed by atoms with van der Waals surface area (Å²) in [7, 11) is -3.05. The molecule has 1 aliphatic heterocycles. The minimum absolute atomic E-state index is 0.0659. The van der Waals surface area contributed by atoms with Crippen LogP contribution in [0, 0.1) is 19.8 Å². The molecule has 1 saturated heterocycles. The van der Waals surface area contributed by atoms with Gasteiger partial charge in [0.15, 0.2) is 9.84 Å². The van der Waals surface area contributed by atoms with Crippen LogP contribution >= 0.6 is 0 Å². The average Bonchev–Trinajstić information content (AvgIpc) is 2.70. The summed E-state index contributed by atoms with van der Waals surface area (Å²) in [4.78, 5) is 12.1. The third-order valence-electron chi connectivity index (χ3n) is 3.62. The number of nitrogens with one attached hydrogen (secondary N) is 1. The maximum Gasteiger partial charge on any atom is 0.228 e. The summed E-state index contributed by atoms with van der Waals surface area (Å²) in [6, 6.07) is 3.63. The lowest BCUT2D eigenvalue weighted by Crippen LogP contribution is -2.24. The summed E-state index contributed by atoms with van der Waals surface area (Å²) in [6.45, 7) is 3.82. The molecule has 1 amide bonds. The van der Waals surface area contributed by atoms with E-state index >= 15 is 0 Å². The van der Waals surface area contributed by atoms with Crippen LogP contribution in [0.3, 0.4) is 0 Å². The van der Waals surface area contributed by atoms with Crippen LogP contribution in [0.2, 0.25) is 0 Å². The van der Waals surface area contributed by atoms with Crippen molar-refractivity contribution in [2.24, 2.45) is 5.92 Å². The highest BCUT2D eigenvalue weighted by atomic mass is 32.2. The Morgan fingerprint density at radius 1 is 1.37 bits per heavy atom. The highest BCUT2D eigenvalue weighted by Crippen LogP contribution is 2.28. The van der Waals surface area contributed by atoms with Gasteiger partial charge < -0.3 is 11.1 Å². The smallest absolute Gasteiger partial charge is 0.228 e. The van der Waals surface area contributed by atoms with E-state index in [9.17, 15) is 13.2 Å². The molecule has 0 saturated carbocycles. The third-order valence-corrected chi connectivity index (χ3v) is 5.39. The first-order valence-corrected chi connectivity index (χ1v) is 7.99. The van der Waals surface area contributed by atoms with E-state index in [2.05, 4.69) is 5.32 Å². The van der Waals surface area contributed by atoms with Crippen molar-refractivity contribution in [3.05, 3.63) is 23.3 Å². The van der Waals surface area contributed by atoms with E-state index in [1.807, 2.05) is 19.9 Å². The lowest BCUT2D eigenvalue weighted by Gasteiger charge is -2.15. The predicted octanol–water partition coefficient (Wildman–Crippen LogP) is 1.26. The van der Waals surface area contributed by atoms with E-state index in [0.717, 1.165) is 11.1 Å². The number of nitrogen functional groups attached to an aromatic ring is 1. The first-order chi connectivity index (χ1) is 8.80. The number of amides is 1. The molecule has 1 atom stereocenters. The van der Waals surface area contributed by atoms with Crippen LogP contribution < -0.4 is 11.1 Å². The Morgan fingerprint density at radius 2 is 2.05 bits per heavy atom. The van der Waals surface area contributed by atoms with Gasteiger partial charge in [-0.05, 0) is 37.5 Å². The summed E-state index contributed by atoms with van der Waals surface area (Å²) in [5, 5.41) is 2.77. The number of hydrogen-bond donors (Lipinski definition) is 2. The first-order valence-electron chi connectivity index (χ1n) is 6.17. The summed E-state index contributed by atoms with van der Waals surface area (Å²) < 4.78 is 22.8. The Kier molecular flexibility index (Phi) is 3.54. The number of benzene rings is 1. The molecule has 6 heteroatoms. The van der Waals surface area contributed by atoms with Gasteiger partial charge in [-0.25, -0.2) is 8.42 Å².